The quantitative estimate of drug-likeness (QED) is 0.338. The lowest BCUT2D eigenvalue weighted by molar-refractivity contribution is -0.114. The summed E-state index contributed by atoms with van der Waals surface area (Å²) in [6.45, 7) is 0. The average molecular weight is 137 g/mol. The van der Waals surface area contributed by atoms with E-state index >= 15 is 0 Å². The molecule has 10 heavy (non-hydrogen) atoms. The highest BCUT2D eigenvalue weighted by atomic mass is 16.3. The van der Waals surface area contributed by atoms with E-state index in [1.54, 1.807) is 18.2 Å². The Bertz CT molecular complexity index is 258. The predicted octanol–water partition coefficient (Wildman–Crippen LogP) is -1.14. The van der Waals surface area contributed by atoms with Crippen molar-refractivity contribution >= 4 is 5.84 Å². The third-order valence-electron chi connectivity index (χ3n) is 1.22. The average Bonchev–Trinajstić information content (AvgIpc) is 1.88. The van der Waals surface area contributed by atoms with Gasteiger partial charge in [-0.3, -0.25) is 11.1 Å². The summed E-state index contributed by atoms with van der Waals surface area (Å²) in [5, 5.41) is 14.3. The topological polar surface area (TPSA) is 71.8 Å². The number of hydrogen-bond donors (Lipinski definition) is 3. The molecule has 5 N–H and O–H groups in total. The van der Waals surface area contributed by atoms with Gasteiger partial charge in [-0.15, -0.1) is 0 Å². The molecule has 0 heterocycles. The molecule has 0 aliphatic carbocycles. The van der Waals surface area contributed by atoms with Crippen LogP contribution in [0.25, 0.3) is 0 Å². The van der Waals surface area contributed by atoms with Gasteiger partial charge in [0.2, 0.25) is 0 Å². The lowest BCUT2D eigenvalue weighted by Crippen LogP contribution is -2.46. The number of para-hydroxylation sites is 1. The minimum atomic E-state index is 0.113. The lowest BCUT2D eigenvalue weighted by atomic mass is 10.2. The van der Waals surface area contributed by atoms with Gasteiger partial charge in [0, 0.05) is 0 Å². The van der Waals surface area contributed by atoms with Crippen LogP contribution in [0.5, 0.6) is 5.75 Å². The van der Waals surface area contributed by atoms with Crippen LogP contribution in [0.1, 0.15) is 5.56 Å². The Labute approximate surface area is 58.6 Å². The normalized spacial score (nSPS) is 9.20. The number of phenols is 1. The molecular formula is C7H9N2O+. The van der Waals surface area contributed by atoms with Crippen LogP contribution < -0.4 is 11.1 Å². The van der Waals surface area contributed by atoms with Gasteiger partial charge in [-0.2, -0.15) is 0 Å². The van der Waals surface area contributed by atoms with Crippen LogP contribution in [-0.2, 0) is 0 Å². The van der Waals surface area contributed by atoms with E-state index in [1.807, 2.05) is 0 Å². The molecule has 0 spiro atoms. The van der Waals surface area contributed by atoms with Gasteiger partial charge in [0.25, 0.3) is 5.84 Å². The first-order valence-electron chi connectivity index (χ1n) is 2.88. The first kappa shape index (κ1) is 6.61. The van der Waals surface area contributed by atoms with Crippen molar-refractivity contribution in [1.29, 1.82) is 0 Å². The first-order valence-corrected chi connectivity index (χ1v) is 2.88. The van der Waals surface area contributed by atoms with E-state index < -0.39 is 0 Å². The van der Waals surface area contributed by atoms with E-state index in [0.29, 0.717) is 5.56 Å². The van der Waals surface area contributed by atoms with Gasteiger partial charge in [0.05, 0.1) is 0 Å². The maximum Gasteiger partial charge on any atom is 0.274 e. The third kappa shape index (κ3) is 1.07. The number of hydrogen-bond acceptors (Lipinski definition) is 1. The predicted molar refractivity (Wildman–Crippen MR) is 38.3 cm³/mol. The molecule has 52 valence electrons. The molecule has 0 saturated carbocycles. The summed E-state index contributed by atoms with van der Waals surface area (Å²) < 4.78 is 0. The second-order valence-corrected chi connectivity index (χ2v) is 1.97. The first-order chi connectivity index (χ1) is 4.72. The molecule has 3 nitrogen and oxygen atoms in total. The molecule has 3 heteroatoms. The number of rotatable bonds is 1. The summed E-state index contributed by atoms with van der Waals surface area (Å²) >= 11 is 0. The highest BCUT2D eigenvalue weighted by molar-refractivity contribution is 5.95. The fraction of sp³-hybridized carbons (Fsp3) is 0. The third-order valence-corrected chi connectivity index (χ3v) is 1.22. The van der Waals surface area contributed by atoms with Gasteiger partial charge in [0.15, 0.2) is 0 Å². The summed E-state index contributed by atoms with van der Waals surface area (Å²) in [6.07, 6.45) is 0. The standard InChI is InChI=1S/C7H8N2O/c8-7(9)5-3-1-2-4-6(5)10/h1-4,10H,(H3,8,9)/p+1. The number of phenolic OH excluding ortho intramolecular Hbond substituents is 1. The molecule has 0 aromatic heterocycles. The van der Waals surface area contributed by atoms with Gasteiger partial charge in [-0.25, -0.2) is 0 Å². The number of amidine groups is 1. The van der Waals surface area contributed by atoms with E-state index in [4.69, 9.17) is 16.2 Å². The number of benzene rings is 1. The smallest absolute Gasteiger partial charge is 0.274 e. The molecule has 0 fully saturated rings. The van der Waals surface area contributed by atoms with Gasteiger partial charge in [-0.1, -0.05) is 12.1 Å². The van der Waals surface area contributed by atoms with Crippen molar-refractivity contribution in [3.05, 3.63) is 29.8 Å². The maximum atomic E-state index is 9.10. The molecule has 0 aliphatic heterocycles. The zero-order chi connectivity index (χ0) is 7.56. The molecule has 0 bridgehead atoms. The summed E-state index contributed by atoms with van der Waals surface area (Å²) in [4.78, 5) is 0. The molecule has 1 aromatic carbocycles. The van der Waals surface area contributed by atoms with Crippen molar-refractivity contribution < 1.29 is 10.5 Å². The molecule has 0 aliphatic rings. The molecule has 0 unspecified atom stereocenters. The SMILES string of the molecule is NC(=[NH2+])c1ccccc1O. The van der Waals surface area contributed by atoms with Crippen molar-refractivity contribution in [2.75, 3.05) is 0 Å². The Morgan fingerprint density at radius 2 is 2.00 bits per heavy atom. The van der Waals surface area contributed by atoms with Crippen molar-refractivity contribution in [1.82, 2.24) is 0 Å². The fourth-order valence-electron chi connectivity index (χ4n) is 0.718. The minimum Gasteiger partial charge on any atom is -0.507 e. The summed E-state index contributed by atoms with van der Waals surface area (Å²) in [6, 6.07) is 6.66. The Kier molecular flexibility index (Phi) is 1.58. The molecule has 0 radical (unpaired) electrons. The fourth-order valence-corrected chi connectivity index (χ4v) is 0.718. The molecule has 0 amide bonds. The van der Waals surface area contributed by atoms with Crippen LogP contribution in [0.3, 0.4) is 0 Å². The molecular weight excluding hydrogens is 128 g/mol. The van der Waals surface area contributed by atoms with Gasteiger partial charge < -0.3 is 5.11 Å². The molecule has 0 atom stereocenters. The van der Waals surface area contributed by atoms with Crippen LogP contribution in [0.4, 0.5) is 0 Å². The van der Waals surface area contributed by atoms with E-state index in [0.717, 1.165) is 0 Å². The van der Waals surface area contributed by atoms with Crippen molar-refractivity contribution in [3.8, 4) is 5.75 Å². The lowest BCUT2D eigenvalue weighted by Gasteiger charge is -1.94. The Morgan fingerprint density at radius 1 is 1.40 bits per heavy atom. The number of nitrogens with two attached hydrogens (primary N) is 2. The zero-order valence-corrected chi connectivity index (χ0v) is 5.41. The van der Waals surface area contributed by atoms with Crippen LogP contribution in [0.2, 0.25) is 0 Å². The zero-order valence-electron chi connectivity index (χ0n) is 5.41. The molecule has 0 saturated heterocycles. The summed E-state index contributed by atoms with van der Waals surface area (Å²) in [5.41, 5.74) is 5.74. The maximum absolute atomic E-state index is 9.10. The Balaban J connectivity index is 3.15. The highest BCUT2D eigenvalue weighted by Crippen LogP contribution is 2.12. The van der Waals surface area contributed by atoms with Crippen molar-refractivity contribution in [2.24, 2.45) is 5.73 Å². The number of aromatic hydroxyl groups is 1. The Hall–Kier alpha value is -1.51. The highest BCUT2D eigenvalue weighted by Gasteiger charge is 2.04. The largest absolute Gasteiger partial charge is 0.507 e. The second-order valence-electron chi connectivity index (χ2n) is 1.97. The van der Waals surface area contributed by atoms with Crippen LogP contribution in [0.15, 0.2) is 24.3 Å². The van der Waals surface area contributed by atoms with Crippen LogP contribution in [0, 0.1) is 0 Å². The van der Waals surface area contributed by atoms with E-state index in [2.05, 4.69) is 0 Å². The van der Waals surface area contributed by atoms with Crippen LogP contribution >= 0.6 is 0 Å². The van der Waals surface area contributed by atoms with Gasteiger partial charge >= 0.3 is 0 Å². The van der Waals surface area contributed by atoms with E-state index in [9.17, 15) is 0 Å². The van der Waals surface area contributed by atoms with Crippen molar-refractivity contribution in [3.63, 3.8) is 0 Å². The monoisotopic (exact) mass is 137 g/mol. The summed E-state index contributed by atoms with van der Waals surface area (Å²) in [7, 11) is 0. The summed E-state index contributed by atoms with van der Waals surface area (Å²) in [5.74, 6) is 0.251. The van der Waals surface area contributed by atoms with E-state index in [-0.39, 0.29) is 11.6 Å². The van der Waals surface area contributed by atoms with Gasteiger partial charge in [0.1, 0.15) is 11.3 Å². The van der Waals surface area contributed by atoms with Crippen LogP contribution in [-0.4, -0.2) is 10.9 Å². The van der Waals surface area contributed by atoms with Gasteiger partial charge in [-0.05, 0) is 12.1 Å². The van der Waals surface area contributed by atoms with Crippen molar-refractivity contribution in [2.45, 2.75) is 0 Å². The van der Waals surface area contributed by atoms with E-state index in [1.165, 1.54) is 6.07 Å². The molecule has 1 aromatic rings. The second kappa shape index (κ2) is 2.39. The Morgan fingerprint density at radius 3 is 2.40 bits per heavy atom. The molecule has 1 rings (SSSR count). The minimum absolute atomic E-state index is 0.113.